The summed E-state index contributed by atoms with van der Waals surface area (Å²) in [5, 5.41) is 0. The van der Waals surface area contributed by atoms with Gasteiger partial charge in [-0.2, -0.15) is 0 Å². The van der Waals surface area contributed by atoms with Crippen LogP contribution in [0.3, 0.4) is 0 Å². The van der Waals surface area contributed by atoms with Crippen molar-refractivity contribution >= 4 is 14.4 Å². The van der Waals surface area contributed by atoms with Crippen LogP contribution in [0.5, 0.6) is 0 Å². The van der Waals surface area contributed by atoms with E-state index in [0.717, 1.165) is 8.73 Å². The lowest BCUT2D eigenvalue weighted by atomic mass is 10.5. The van der Waals surface area contributed by atoms with E-state index in [2.05, 4.69) is 11.7 Å². The van der Waals surface area contributed by atoms with Crippen LogP contribution in [0, 0.1) is 0 Å². The summed E-state index contributed by atoms with van der Waals surface area (Å²) in [6, 6.07) is 0. The molecule has 0 aliphatic rings. The second-order valence-electron chi connectivity index (χ2n) is 1.57. The van der Waals surface area contributed by atoms with Crippen LogP contribution in [0.25, 0.3) is 0 Å². The van der Waals surface area contributed by atoms with Crippen molar-refractivity contribution in [2.45, 2.75) is 20.8 Å². The molecule has 0 radical (unpaired) electrons. The highest BCUT2D eigenvalue weighted by molar-refractivity contribution is 7.36. The van der Waals surface area contributed by atoms with Gasteiger partial charge < -0.3 is 0 Å². The van der Waals surface area contributed by atoms with E-state index in [1.54, 1.807) is 0 Å². The molecule has 1 nitrogen and oxygen atoms in total. The summed E-state index contributed by atoms with van der Waals surface area (Å²) < 4.78 is 4.19. The van der Waals surface area contributed by atoms with Gasteiger partial charge >= 0.3 is 0 Å². The molecule has 0 spiro atoms. The van der Waals surface area contributed by atoms with Crippen molar-refractivity contribution in [2.24, 2.45) is 4.76 Å². The van der Waals surface area contributed by atoms with Gasteiger partial charge in [-0.05, 0) is 20.0 Å². The Hall–Kier alpha value is 0.100. The second-order valence-corrected chi connectivity index (χ2v) is 2.82. The SMILES string of the molecule is CCPN=C(C)C. The highest BCUT2D eigenvalue weighted by atomic mass is 31.1. The van der Waals surface area contributed by atoms with Crippen LogP contribution in [0.2, 0.25) is 0 Å². The van der Waals surface area contributed by atoms with Gasteiger partial charge in [-0.15, -0.1) is 0 Å². The molecule has 1 unspecified atom stereocenters. The van der Waals surface area contributed by atoms with E-state index in [9.17, 15) is 0 Å². The molecule has 0 fully saturated rings. The Morgan fingerprint density at radius 2 is 2.14 bits per heavy atom. The van der Waals surface area contributed by atoms with Gasteiger partial charge in [-0.1, -0.05) is 6.92 Å². The summed E-state index contributed by atoms with van der Waals surface area (Å²) in [7, 11) is 0.783. The fourth-order valence-corrected chi connectivity index (χ4v) is 0.712. The minimum atomic E-state index is 0.783. The summed E-state index contributed by atoms with van der Waals surface area (Å²) in [6.07, 6.45) is 1.19. The molecule has 0 aromatic rings. The predicted molar refractivity (Wildman–Crippen MR) is 37.6 cm³/mol. The Kier molecular flexibility index (Phi) is 4.32. The lowest BCUT2D eigenvalue weighted by Gasteiger charge is -1.85. The summed E-state index contributed by atoms with van der Waals surface area (Å²) >= 11 is 0. The molecule has 0 N–H and O–H groups in total. The van der Waals surface area contributed by atoms with Gasteiger partial charge in [-0.3, -0.25) is 4.76 Å². The highest BCUT2D eigenvalue weighted by Crippen LogP contribution is 2.09. The van der Waals surface area contributed by atoms with Crippen molar-refractivity contribution in [2.75, 3.05) is 6.16 Å². The Morgan fingerprint density at radius 3 is 2.29 bits per heavy atom. The first-order chi connectivity index (χ1) is 3.27. The number of hydrogen-bond acceptors (Lipinski definition) is 1. The quantitative estimate of drug-likeness (QED) is 0.388. The average Bonchev–Trinajstić information content (AvgIpc) is 1.61. The maximum absolute atomic E-state index is 4.19. The lowest BCUT2D eigenvalue weighted by molar-refractivity contribution is 1.50. The standard InChI is InChI=1S/C5H12NP/c1-4-7-6-5(2)3/h7H,4H2,1-3H3. The molecule has 0 aromatic carbocycles. The first-order valence-corrected chi connectivity index (χ1v) is 3.66. The molecule has 0 bridgehead atoms. The Labute approximate surface area is 47.1 Å². The van der Waals surface area contributed by atoms with E-state index >= 15 is 0 Å². The summed E-state index contributed by atoms with van der Waals surface area (Å²) in [5.74, 6) is 0. The summed E-state index contributed by atoms with van der Waals surface area (Å²) in [4.78, 5) is 0. The molecule has 0 rings (SSSR count). The van der Waals surface area contributed by atoms with Crippen LogP contribution < -0.4 is 0 Å². The fourth-order valence-electron chi connectivity index (χ4n) is 0.237. The third-order valence-electron chi connectivity index (χ3n) is 0.461. The summed E-state index contributed by atoms with van der Waals surface area (Å²) in [6.45, 7) is 6.20. The largest absolute Gasteiger partial charge is 0.274 e. The van der Waals surface area contributed by atoms with Crippen molar-refractivity contribution in [3.05, 3.63) is 0 Å². The van der Waals surface area contributed by atoms with Crippen LogP contribution in [0.15, 0.2) is 4.76 Å². The molecule has 1 atom stereocenters. The lowest BCUT2D eigenvalue weighted by Crippen LogP contribution is -1.73. The number of nitrogens with zero attached hydrogens (tertiary/aromatic N) is 1. The Balaban J connectivity index is 3.08. The third-order valence-corrected chi connectivity index (χ3v) is 1.38. The molecule has 42 valence electrons. The summed E-state index contributed by atoms with van der Waals surface area (Å²) in [5.41, 5.74) is 1.19. The Morgan fingerprint density at radius 1 is 1.57 bits per heavy atom. The third kappa shape index (κ3) is 6.10. The molecule has 0 aliphatic carbocycles. The van der Waals surface area contributed by atoms with Crippen molar-refractivity contribution in [1.29, 1.82) is 0 Å². The van der Waals surface area contributed by atoms with Gasteiger partial charge in [0.25, 0.3) is 0 Å². The van der Waals surface area contributed by atoms with E-state index in [0.29, 0.717) is 0 Å². The molecule has 0 heterocycles. The van der Waals surface area contributed by atoms with Gasteiger partial charge in [0, 0.05) is 14.4 Å². The average molecular weight is 117 g/mol. The van der Waals surface area contributed by atoms with E-state index < -0.39 is 0 Å². The topological polar surface area (TPSA) is 12.4 Å². The minimum Gasteiger partial charge on any atom is -0.274 e. The van der Waals surface area contributed by atoms with E-state index in [4.69, 9.17) is 0 Å². The monoisotopic (exact) mass is 117 g/mol. The molecule has 0 saturated carbocycles. The molecule has 7 heavy (non-hydrogen) atoms. The normalized spacial score (nSPS) is 10.1. The molecular formula is C5H12NP. The van der Waals surface area contributed by atoms with Gasteiger partial charge in [0.15, 0.2) is 0 Å². The number of hydrogen-bond donors (Lipinski definition) is 0. The van der Waals surface area contributed by atoms with E-state index in [1.165, 1.54) is 11.9 Å². The molecular weight excluding hydrogens is 105 g/mol. The molecule has 0 aliphatic heterocycles. The zero-order valence-electron chi connectivity index (χ0n) is 5.15. The van der Waals surface area contributed by atoms with E-state index in [1.807, 2.05) is 13.8 Å². The first-order valence-electron chi connectivity index (χ1n) is 2.51. The van der Waals surface area contributed by atoms with E-state index in [-0.39, 0.29) is 0 Å². The van der Waals surface area contributed by atoms with Gasteiger partial charge in [0.05, 0.1) is 0 Å². The molecule has 2 heteroatoms. The van der Waals surface area contributed by atoms with Crippen LogP contribution in [0.1, 0.15) is 20.8 Å². The second kappa shape index (κ2) is 4.26. The molecule has 0 amide bonds. The molecule has 0 saturated heterocycles. The van der Waals surface area contributed by atoms with Gasteiger partial charge in [0.2, 0.25) is 0 Å². The number of rotatable bonds is 2. The maximum atomic E-state index is 4.19. The minimum absolute atomic E-state index is 0.783. The van der Waals surface area contributed by atoms with Gasteiger partial charge in [-0.25, -0.2) is 0 Å². The van der Waals surface area contributed by atoms with Crippen molar-refractivity contribution in [1.82, 2.24) is 0 Å². The predicted octanol–water partition coefficient (Wildman–Crippen LogP) is 2.08. The van der Waals surface area contributed by atoms with Gasteiger partial charge in [0.1, 0.15) is 0 Å². The zero-order chi connectivity index (χ0) is 5.70. The Bertz CT molecular complexity index is 64.5. The zero-order valence-corrected chi connectivity index (χ0v) is 6.15. The van der Waals surface area contributed by atoms with Crippen LogP contribution in [-0.2, 0) is 0 Å². The van der Waals surface area contributed by atoms with Crippen molar-refractivity contribution in [3.63, 3.8) is 0 Å². The maximum Gasteiger partial charge on any atom is 0.0102 e. The van der Waals surface area contributed by atoms with Crippen molar-refractivity contribution in [3.8, 4) is 0 Å². The van der Waals surface area contributed by atoms with Crippen LogP contribution in [-0.4, -0.2) is 11.9 Å². The van der Waals surface area contributed by atoms with Crippen LogP contribution in [0.4, 0.5) is 0 Å². The van der Waals surface area contributed by atoms with Crippen molar-refractivity contribution < 1.29 is 0 Å². The smallest absolute Gasteiger partial charge is 0.0102 e. The highest BCUT2D eigenvalue weighted by Gasteiger charge is 1.73. The first kappa shape index (κ1) is 7.10. The molecule has 0 aromatic heterocycles. The van der Waals surface area contributed by atoms with Crippen LogP contribution >= 0.6 is 8.73 Å². The fraction of sp³-hybridized carbons (Fsp3) is 0.800.